The van der Waals surface area contributed by atoms with Gasteiger partial charge in [0.15, 0.2) is 0 Å². The van der Waals surface area contributed by atoms with Crippen molar-refractivity contribution in [2.24, 2.45) is 18.5 Å². The van der Waals surface area contributed by atoms with E-state index >= 15 is 4.39 Å². The normalized spacial score (nSPS) is 21.8. The molecule has 0 spiro atoms. The first-order chi connectivity index (χ1) is 13.9. The predicted octanol–water partition coefficient (Wildman–Crippen LogP) is 2.02. The molecule has 4 rings (SSSR count). The van der Waals surface area contributed by atoms with E-state index in [4.69, 9.17) is 11.5 Å². The zero-order valence-electron chi connectivity index (χ0n) is 16.2. The Labute approximate surface area is 168 Å². The van der Waals surface area contributed by atoms with Crippen molar-refractivity contribution in [2.45, 2.75) is 24.4 Å². The Balaban J connectivity index is 1.94. The molecule has 3 aromatic heterocycles. The Kier molecular flexibility index (Phi) is 4.81. The third-order valence-corrected chi connectivity index (χ3v) is 5.27. The van der Waals surface area contributed by atoms with Crippen LogP contribution in [0.3, 0.4) is 0 Å². The third-order valence-electron chi connectivity index (χ3n) is 5.27. The molecule has 0 aliphatic heterocycles. The molecule has 0 saturated carbocycles. The topological polar surface area (TPSA) is 109 Å². The molecule has 3 aromatic rings. The molecule has 3 heterocycles. The monoisotopic (exact) mass is 391 g/mol. The molecular formula is C21H22FN7. The number of nitrogens with two attached hydrogens (primary N) is 2. The van der Waals surface area contributed by atoms with Crippen LogP contribution in [0.4, 0.5) is 4.39 Å². The molecule has 148 valence electrons. The number of allylic oxidation sites excluding steroid dienone is 2. The highest BCUT2D eigenvalue weighted by atomic mass is 19.1. The van der Waals surface area contributed by atoms with E-state index in [0.717, 1.165) is 0 Å². The van der Waals surface area contributed by atoms with E-state index in [1.54, 1.807) is 30.2 Å². The lowest BCUT2D eigenvalue weighted by Crippen LogP contribution is -2.59. The first-order valence-corrected chi connectivity index (χ1v) is 9.24. The van der Waals surface area contributed by atoms with Gasteiger partial charge in [-0.1, -0.05) is 23.4 Å². The van der Waals surface area contributed by atoms with Crippen LogP contribution < -0.4 is 11.5 Å². The van der Waals surface area contributed by atoms with Gasteiger partial charge in [-0.25, -0.2) is 9.07 Å². The van der Waals surface area contributed by atoms with E-state index < -0.39 is 23.3 Å². The number of aryl methyl sites for hydroxylation is 2. The second-order valence-electron chi connectivity index (χ2n) is 7.20. The van der Waals surface area contributed by atoms with Crippen molar-refractivity contribution >= 4 is 5.57 Å². The molecule has 1 aliphatic rings. The summed E-state index contributed by atoms with van der Waals surface area (Å²) in [6, 6.07) is 9.99. The number of hydrogen-bond acceptors (Lipinski definition) is 6. The van der Waals surface area contributed by atoms with Crippen LogP contribution in [0.25, 0.3) is 5.57 Å². The van der Waals surface area contributed by atoms with E-state index in [1.807, 2.05) is 43.3 Å². The van der Waals surface area contributed by atoms with Crippen molar-refractivity contribution < 1.29 is 4.39 Å². The first-order valence-electron chi connectivity index (χ1n) is 9.24. The SMILES string of the molecule is Cc1nnn(C)c1C1=CC(N)(C(c2ccccn2)c2ccccn2)C(N)C(F)=C1. The molecular weight excluding hydrogens is 369 g/mol. The van der Waals surface area contributed by atoms with Gasteiger partial charge >= 0.3 is 0 Å². The second-order valence-corrected chi connectivity index (χ2v) is 7.20. The summed E-state index contributed by atoms with van der Waals surface area (Å²) >= 11 is 0. The van der Waals surface area contributed by atoms with E-state index in [0.29, 0.717) is 28.3 Å². The molecule has 0 bridgehead atoms. The van der Waals surface area contributed by atoms with Crippen LogP contribution in [0.15, 0.2) is 66.8 Å². The van der Waals surface area contributed by atoms with Gasteiger partial charge in [-0.2, -0.15) is 0 Å². The van der Waals surface area contributed by atoms with Gasteiger partial charge in [0, 0.05) is 25.0 Å². The van der Waals surface area contributed by atoms with Crippen LogP contribution in [0, 0.1) is 6.92 Å². The van der Waals surface area contributed by atoms with Crippen LogP contribution in [0.2, 0.25) is 0 Å². The Morgan fingerprint density at radius 2 is 1.72 bits per heavy atom. The Morgan fingerprint density at radius 1 is 1.10 bits per heavy atom. The zero-order valence-corrected chi connectivity index (χ0v) is 16.2. The smallest absolute Gasteiger partial charge is 0.120 e. The van der Waals surface area contributed by atoms with Gasteiger partial charge in [-0.15, -0.1) is 5.10 Å². The van der Waals surface area contributed by atoms with Crippen molar-refractivity contribution in [3.05, 3.63) is 89.5 Å². The number of pyridine rings is 2. The first kappa shape index (κ1) is 19.1. The van der Waals surface area contributed by atoms with E-state index in [-0.39, 0.29) is 0 Å². The number of rotatable bonds is 4. The van der Waals surface area contributed by atoms with Crippen molar-refractivity contribution in [3.8, 4) is 0 Å². The van der Waals surface area contributed by atoms with Crippen molar-refractivity contribution in [1.82, 2.24) is 25.0 Å². The molecule has 2 unspecified atom stereocenters. The Bertz CT molecular complexity index is 1020. The van der Waals surface area contributed by atoms with E-state index in [1.165, 1.54) is 6.08 Å². The summed E-state index contributed by atoms with van der Waals surface area (Å²) < 4.78 is 16.7. The molecule has 0 aromatic carbocycles. The highest BCUT2D eigenvalue weighted by molar-refractivity contribution is 5.77. The highest BCUT2D eigenvalue weighted by Gasteiger charge is 2.46. The quantitative estimate of drug-likeness (QED) is 0.704. The Hall–Kier alpha value is -3.23. The van der Waals surface area contributed by atoms with Crippen molar-refractivity contribution in [2.75, 3.05) is 0 Å². The third kappa shape index (κ3) is 3.26. The molecule has 0 saturated heterocycles. The molecule has 8 heteroatoms. The van der Waals surface area contributed by atoms with Crippen molar-refractivity contribution in [3.63, 3.8) is 0 Å². The average Bonchev–Trinajstić information content (AvgIpc) is 3.06. The van der Waals surface area contributed by atoms with Gasteiger partial charge in [-0.05, 0) is 37.3 Å². The summed E-state index contributed by atoms with van der Waals surface area (Å²) in [7, 11) is 1.75. The fourth-order valence-corrected chi connectivity index (χ4v) is 3.89. The summed E-state index contributed by atoms with van der Waals surface area (Å²) in [4.78, 5) is 8.96. The number of aromatic nitrogens is 5. The summed E-state index contributed by atoms with van der Waals surface area (Å²) in [6.07, 6.45) is 6.54. The van der Waals surface area contributed by atoms with Gasteiger partial charge in [-0.3, -0.25) is 9.97 Å². The maximum absolute atomic E-state index is 15.1. The number of halogens is 1. The standard InChI is InChI=1S/C21H22FN7/c1-13-19(29(2)28-27-13)14-11-15(22)20(23)21(24,12-14)18(16-7-3-5-9-25-16)17-8-4-6-10-26-17/h3-12,18,20H,23-24H2,1-2H3. The fourth-order valence-electron chi connectivity index (χ4n) is 3.89. The highest BCUT2D eigenvalue weighted by Crippen LogP contribution is 2.41. The lowest BCUT2D eigenvalue weighted by atomic mass is 9.71. The minimum absolute atomic E-state index is 0.512. The van der Waals surface area contributed by atoms with Crippen LogP contribution >= 0.6 is 0 Å². The predicted molar refractivity (Wildman–Crippen MR) is 108 cm³/mol. The minimum atomic E-state index is -1.31. The zero-order chi connectivity index (χ0) is 20.6. The maximum Gasteiger partial charge on any atom is 0.120 e. The van der Waals surface area contributed by atoms with Crippen molar-refractivity contribution in [1.29, 1.82) is 0 Å². The Morgan fingerprint density at radius 3 is 2.21 bits per heavy atom. The maximum atomic E-state index is 15.1. The van der Waals surface area contributed by atoms with Gasteiger partial charge < -0.3 is 11.5 Å². The summed E-state index contributed by atoms with van der Waals surface area (Å²) in [6.45, 7) is 1.82. The average molecular weight is 391 g/mol. The number of nitrogens with zero attached hydrogens (tertiary/aromatic N) is 5. The fraction of sp³-hybridized carbons (Fsp3) is 0.238. The summed E-state index contributed by atoms with van der Waals surface area (Å²) in [5.74, 6) is -1.07. The van der Waals surface area contributed by atoms with Gasteiger partial charge in [0.1, 0.15) is 5.83 Å². The summed E-state index contributed by atoms with van der Waals surface area (Å²) in [5, 5.41) is 8.09. The summed E-state index contributed by atoms with van der Waals surface area (Å²) in [5.41, 5.74) is 15.1. The van der Waals surface area contributed by atoms with Crippen LogP contribution in [0.5, 0.6) is 0 Å². The molecule has 29 heavy (non-hydrogen) atoms. The van der Waals surface area contributed by atoms with Gasteiger partial charge in [0.25, 0.3) is 0 Å². The van der Waals surface area contributed by atoms with Crippen LogP contribution in [0.1, 0.15) is 28.7 Å². The van der Waals surface area contributed by atoms with E-state index in [2.05, 4.69) is 20.3 Å². The largest absolute Gasteiger partial charge is 0.320 e. The van der Waals surface area contributed by atoms with E-state index in [9.17, 15) is 0 Å². The molecule has 1 aliphatic carbocycles. The molecule has 4 N–H and O–H groups in total. The van der Waals surface area contributed by atoms with Gasteiger partial charge in [0.2, 0.25) is 0 Å². The van der Waals surface area contributed by atoms with Crippen LogP contribution in [-0.2, 0) is 7.05 Å². The molecule has 0 fully saturated rings. The molecule has 0 amide bonds. The molecule has 0 radical (unpaired) electrons. The van der Waals surface area contributed by atoms with Gasteiger partial charge in [0.05, 0.1) is 40.3 Å². The lowest BCUT2D eigenvalue weighted by Gasteiger charge is -2.41. The number of hydrogen-bond donors (Lipinski definition) is 2. The minimum Gasteiger partial charge on any atom is -0.320 e. The lowest BCUT2D eigenvalue weighted by molar-refractivity contribution is 0.356. The molecule has 7 nitrogen and oxygen atoms in total. The van der Waals surface area contributed by atoms with Crippen LogP contribution in [-0.4, -0.2) is 36.5 Å². The molecule has 2 atom stereocenters. The second kappa shape index (κ2) is 7.31.